The molecule has 5 heteroatoms. The van der Waals surface area contributed by atoms with E-state index < -0.39 is 0 Å². The molecule has 0 aromatic heterocycles. The molecular formula is C13H20BrN3O. The highest BCUT2D eigenvalue weighted by molar-refractivity contribution is 9.10. The smallest absolute Gasteiger partial charge is 0.142 e. The second kappa shape index (κ2) is 6.41. The van der Waals surface area contributed by atoms with E-state index in [4.69, 9.17) is 10.5 Å². The summed E-state index contributed by atoms with van der Waals surface area (Å²) in [5.74, 6) is 0.771. The van der Waals surface area contributed by atoms with Crippen molar-refractivity contribution < 1.29 is 4.74 Å². The van der Waals surface area contributed by atoms with Crippen molar-refractivity contribution in [2.24, 2.45) is 0 Å². The van der Waals surface area contributed by atoms with Gasteiger partial charge in [-0.25, -0.2) is 0 Å². The molecule has 4 nitrogen and oxygen atoms in total. The topological polar surface area (TPSA) is 41.7 Å². The molecule has 0 radical (unpaired) electrons. The molecule has 1 saturated heterocycles. The summed E-state index contributed by atoms with van der Waals surface area (Å²) in [4.78, 5) is 4.78. The molecule has 2 N–H and O–H groups in total. The molecule has 1 aliphatic heterocycles. The average Bonchev–Trinajstić information content (AvgIpc) is 2.34. The van der Waals surface area contributed by atoms with E-state index in [2.05, 4.69) is 32.8 Å². The lowest BCUT2D eigenvalue weighted by Gasteiger charge is -2.32. The summed E-state index contributed by atoms with van der Waals surface area (Å²) in [5, 5.41) is 0. The van der Waals surface area contributed by atoms with Crippen molar-refractivity contribution in [2.45, 2.75) is 0 Å². The summed E-state index contributed by atoms with van der Waals surface area (Å²) in [5.41, 5.74) is 6.57. The van der Waals surface area contributed by atoms with Gasteiger partial charge < -0.3 is 15.4 Å². The third-order valence-electron chi connectivity index (χ3n) is 3.23. The number of nitrogens with zero attached hydrogens (tertiary/aromatic N) is 2. The average molecular weight is 314 g/mol. The Hall–Kier alpha value is -0.780. The van der Waals surface area contributed by atoms with E-state index in [1.165, 1.54) is 0 Å². The van der Waals surface area contributed by atoms with E-state index in [1.807, 2.05) is 18.2 Å². The van der Waals surface area contributed by atoms with Crippen LogP contribution in [-0.4, -0.2) is 56.2 Å². The highest BCUT2D eigenvalue weighted by Gasteiger charge is 2.13. The van der Waals surface area contributed by atoms with Crippen LogP contribution in [0.25, 0.3) is 0 Å². The summed E-state index contributed by atoms with van der Waals surface area (Å²) in [6, 6.07) is 5.72. The molecule has 1 heterocycles. The molecule has 1 aromatic carbocycles. The maximum absolute atomic E-state index is 5.88. The van der Waals surface area contributed by atoms with Crippen molar-refractivity contribution in [3.63, 3.8) is 0 Å². The summed E-state index contributed by atoms with van der Waals surface area (Å²) in [6.45, 7) is 6.17. The first kappa shape index (κ1) is 13.6. The second-order valence-electron chi connectivity index (χ2n) is 4.68. The van der Waals surface area contributed by atoms with Gasteiger partial charge in [-0.05, 0) is 25.2 Å². The highest BCUT2D eigenvalue weighted by Crippen LogP contribution is 2.25. The number of hydrogen-bond donors (Lipinski definition) is 1. The SMILES string of the molecule is CN1CCN(CCOc2ccc(Br)cc2N)CC1. The Labute approximate surface area is 117 Å². The Morgan fingerprint density at radius 1 is 1.28 bits per heavy atom. The predicted octanol–water partition coefficient (Wildman–Crippen LogP) is 1.66. The number of hydrogen-bond acceptors (Lipinski definition) is 4. The first-order chi connectivity index (χ1) is 8.65. The summed E-state index contributed by atoms with van der Waals surface area (Å²) in [7, 11) is 2.16. The highest BCUT2D eigenvalue weighted by atomic mass is 79.9. The van der Waals surface area contributed by atoms with Crippen molar-refractivity contribution in [1.29, 1.82) is 0 Å². The number of nitrogens with two attached hydrogens (primary N) is 1. The molecule has 0 bridgehead atoms. The van der Waals surface area contributed by atoms with Crippen LogP contribution >= 0.6 is 15.9 Å². The van der Waals surface area contributed by atoms with Gasteiger partial charge >= 0.3 is 0 Å². The van der Waals surface area contributed by atoms with Gasteiger partial charge in [0.05, 0.1) is 5.69 Å². The quantitative estimate of drug-likeness (QED) is 0.858. The molecule has 1 aliphatic rings. The fourth-order valence-electron chi connectivity index (χ4n) is 2.01. The number of piperazine rings is 1. The zero-order valence-electron chi connectivity index (χ0n) is 10.7. The minimum absolute atomic E-state index is 0.683. The molecule has 1 aromatic rings. The molecule has 0 saturated carbocycles. The van der Waals surface area contributed by atoms with Crippen molar-refractivity contribution in [3.05, 3.63) is 22.7 Å². The first-order valence-electron chi connectivity index (χ1n) is 6.24. The summed E-state index contributed by atoms with van der Waals surface area (Å²) >= 11 is 3.38. The van der Waals surface area contributed by atoms with Crippen LogP contribution in [0.15, 0.2) is 22.7 Å². The number of rotatable bonds is 4. The first-order valence-corrected chi connectivity index (χ1v) is 7.03. The number of ether oxygens (including phenoxy) is 1. The Bertz CT molecular complexity index is 392. The molecule has 18 heavy (non-hydrogen) atoms. The predicted molar refractivity (Wildman–Crippen MR) is 78.0 cm³/mol. The molecule has 100 valence electrons. The van der Waals surface area contributed by atoms with Gasteiger partial charge in [0.2, 0.25) is 0 Å². The van der Waals surface area contributed by atoms with E-state index in [9.17, 15) is 0 Å². The molecule has 0 atom stereocenters. The summed E-state index contributed by atoms with van der Waals surface area (Å²) in [6.07, 6.45) is 0. The molecular weight excluding hydrogens is 294 g/mol. The van der Waals surface area contributed by atoms with Gasteiger partial charge in [0.25, 0.3) is 0 Å². The fraction of sp³-hybridized carbons (Fsp3) is 0.538. The van der Waals surface area contributed by atoms with E-state index in [0.29, 0.717) is 12.3 Å². The third kappa shape index (κ3) is 3.86. The van der Waals surface area contributed by atoms with E-state index in [-0.39, 0.29) is 0 Å². The number of nitrogen functional groups attached to an aromatic ring is 1. The number of anilines is 1. The number of halogens is 1. The Morgan fingerprint density at radius 2 is 2.00 bits per heavy atom. The molecule has 1 fully saturated rings. The van der Waals surface area contributed by atoms with Crippen molar-refractivity contribution >= 4 is 21.6 Å². The van der Waals surface area contributed by atoms with Crippen molar-refractivity contribution in [3.8, 4) is 5.75 Å². The molecule has 0 amide bonds. The Balaban J connectivity index is 1.75. The minimum Gasteiger partial charge on any atom is -0.490 e. The van der Waals surface area contributed by atoms with E-state index in [1.54, 1.807) is 0 Å². The zero-order chi connectivity index (χ0) is 13.0. The van der Waals surface area contributed by atoms with Crippen LogP contribution in [0.4, 0.5) is 5.69 Å². The molecule has 0 unspecified atom stereocenters. The van der Waals surface area contributed by atoms with Crippen molar-refractivity contribution in [2.75, 3.05) is 52.1 Å². The van der Waals surface area contributed by atoms with Crippen LogP contribution in [0.3, 0.4) is 0 Å². The van der Waals surface area contributed by atoms with Gasteiger partial charge in [-0.2, -0.15) is 0 Å². The van der Waals surface area contributed by atoms with E-state index >= 15 is 0 Å². The van der Waals surface area contributed by atoms with Gasteiger partial charge in [0.15, 0.2) is 0 Å². The normalized spacial score (nSPS) is 17.9. The maximum Gasteiger partial charge on any atom is 0.142 e. The van der Waals surface area contributed by atoms with Gasteiger partial charge in [0.1, 0.15) is 12.4 Å². The molecule has 0 aliphatic carbocycles. The molecule has 0 spiro atoms. The lowest BCUT2D eigenvalue weighted by atomic mass is 10.3. The minimum atomic E-state index is 0.683. The van der Waals surface area contributed by atoms with Gasteiger partial charge in [-0.1, -0.05) is 15.9 Å². The van der Waals surface area contributed by atoms with Crippen LogP contribution in [0, 0.1) is 0 Å². The fourth-order valence-corrected chi connectivity index (χ4v) is 2.39. The van der Waals surface area contributed by atoms with Gasteiger partial charge in [-0.3, -0.25) is 4.90 Å². The van der Waals surface area contributed by atoms with Gasteiger partial charge in [-0.15, -0.1) is 0 Å². The number of benzene rings is 1. The monoisotopic (exact) mass is 313 g/mol. The van der Waals surface area contributed by atoms with Crippen LogP contribution in [0.5, 0.6) is 5.75 Å². The third-order valence-corrected chi connectivity index (χ3v) is 3.73. The van der Waals surface area contributed by atoms with Crippen LogP contribution < -0.4 is 10.5 Å². The number of likely N-dealkylation sites (N-methyl/N-ethyl adjacent to an activating group) is 1. The van der Waals surface area contributed by atoms with Crippen LogP contribution in [0.1, 0.15) is 0 Å². The Morgan fingerprint density at radius 3 is 2.67 bits per heavy atom. The standard InChI is InChI=1S/C13H20BrN3O/c1-16-4-6-17(7-5-16)8-9-18-13-3-2-11(14)10-12(13)15/h2-3,10H,4-9,15H2,1H3. The van der Waals surface area contributed by atoms with Crippen molar-refractivity contribution in [1.82, 2.24) is 9.80 Å². The maximum atomic E-state index is 5.88. The lowest BCUT2D eigenvalue weighted by molar-refractivity contribution is 0.134. The lowest BCUT2D eigenvalue weighted by Crippen LogP contribution is -2.45. The van der Waals surface area contributed by atoms with Gasteiger partial charge in [0, 0.05) is 37.2 Å². The summed E-state index contributed by atoms with van der Waals surface area (Å²) < 4.78 is 6.70. The van der Waals surface area contributed by atoms with E-state index in [0.717, 1.165) is 42.9 Å². The largest absolute Gasteiger partial charge is 0.490 e. The Kier molecular flexibility index (Phi) is 4.86. The second-order valence-corrected chi connectivity index (χ2v) is 5.59. The van der Waals surface area contributed by atoms with Crippen LogP contribution in [0.2, 0.25) is 0 Å². The van der Waals surface area contributed by atoms with Crippen LogP contribution in [-0.2, 0) is 0 Å². The molecule has 2 rings (SSSR count). The zero-order valence-corrected chi connectivity index (χ0v) is 12.3.